The quantitative estimate of drug-likeness (QED) is 0.625. The average molecular weight is 387 g/mol. The number of halogens is 6. The molecule has 1 unspecified atom stereocenters. The van der Waals surface area contributed by atoms with E-state index in [9.17, 15) is 31.1 Å². The van der Waals surface area contributed by atoms with Crippen molar-refractivity contribution in [2.24, 2.45) is 5.92 Å². The number of benzene rings is 1. The van der Waals surface area contributed by atoms with Crippen molar-refractivity contribution in [3.05, 3.63) is 29.8 Å². The van der Waals surface area contributed by atoms with Gasteiger partial charge in [-0.3, -0.25) is 4.79 Å². The lowest BCUT2D eigenvalue weighted by Gasteiger charge is -2.23. The summed E-state index contributed by atoms with van der Waals surface area (Å²) in [6.07, 6.45) is -14.9. The first-order valence-corrected chi connectivity index (χ1v) is 7.65. The van der Waals surface area contributed by atoms with Gasteiger partial charge in [0.25, 0.3) is 6.17 Å². The van der Waals surface area contributed by atoms with Crippen LogP contribution in [-0.2, 0) is 11.3 Å². The number of hydrogen-bond donors (Lipinski definition) is 2. The number of carbonyl (C=O) groups is 1. The molecule has 2 N–H and O–H groups in total. The van der Waals surface area contributed by atoms with E-state index in [2.05, 4.69) is 10.1 Å². The molecule has 0 fully saturated rings. The van der Waals surface area contributed by atoms with Crippen molar-refractivity contribution < 1.29 is 41.0 Å². The van der Waals surface area contributed by atoms with Crippen molar-refractivity contribution in [1.29, 1.82) is 0 Å². The largest absolute Gasteiger partial charge is 0.480 e. The molecule has 0 spiro atoms. The molecule has 0 aliphatic rings. The van der Waals surface area contributed by atoms with Crippen molar-refractivity contribution in [3.63, 3.8) is 0 Å². The summed E-state index contributed by atoms with van der Waals surface area (Å²) in [4.78, 5) is 11.1. The normalized spacial score (nSPS) is 15.0. The average Bonchev–Trinajstić information content (AvgIpc) is 2.50. The molecule has 0 bridgehead atoms. The number of rotatable bonds is 9. The summed E-state index contributed by atoms with van der Waals surface area (Å²) in [5.41, 5.74) is 0.489. The van der Waals surface area contributed by atoms with Crippen molar-refractivity contribution in [3.8, 4) is 5.75 Å². The van der Waals surface area contributed by atoms with Crippen LogP contribution in [0.25, 0.3) is 0 Å². The number of aliphatic carboxylic acids is 1. The van der Waals surface area contributed by atoms with Crippen LogP contribution in [0.3, 0.4) is 0 Å². The molecule has 10 heteroatoms. The van der Waals surface area contributed by atoms with E-state index in [1.54, 1.807) is 0 Å². The number of nitrogens with one attached hydrogen (secondary N) is 1. The Morgan fingerprint density at radius 3 is 2.12 bits per heavy atom. The van der Waals surface area contributed by atoms with E-state index in [0.29, 0.717) is 12.0 Å². The maximum Gasteiger partial charge on any atom is 0.439 e. The fourth-order valence-electron chi connectivity index (χ4n) is 2.06. The minimum atomic E-state index is -5.75. The molecular weight excluding hydrogens is 368 g/mol. The highest BCUT2D eigenvalue weighted by Gasteiger charge is 2.59. The number of alkyl halides is 6. The van der Waals surface area contributed by atoms with Crippen LogP contribution < -0.4 is 10.1 Å². The molecule has 148 valence electrons. The van der Waals surface area contributed by atoms with E-state index >= 15 is 0 Å². The molecule has 0 heterocycles. The van der Waals surface area contributed by atoms with Crippen molar-refractivity contribution >= 4 is 5.97 Å². The lowest BCUT2D eigenvalue weighted by molar-refractivity contribution is -0.304. The Hall–Kier alpha value is -1.97. The highest BCUT2D eigenvalue weighted by atomic mass is 19.4. The predicted octanol–water partition coefficient (Wildman–Crippen LogP) is 4.15. The Morgan fingerprint density at radius 1 is 1.15 bits per heavy atom. The van der Waals surface area contributed by atoms with Crippen molar-refractivity contribution in [1.82, 2.24) is 5.32 Å². The second-order valence-electron chi connectivity index (χ2n) is 6.11. The van der Waals surface area contributed by atoms with Crippen LogP contribution >= 0.6 is 0 Å². The third-order valence-corrected chi connectivity index (χ3v) is 3.32. The number of carboxylic acids is 1. The van der Waals surface area contributed by atoms with Gasteiger partial charge in [-0.05, 0) is 30.0 Å². The molecule has 0 saturated heterocycles. The molecule has 1 aromatic rings. The lowest BCUT2D eigenvalue weighted by Crippen LogP contribution is -2.45. The zero-order valence-corrected chi connectivity index (χ0v) is 14.0. The van der Waals surface area contributed by atoms with E-state index in [1.165, 1.54) is 12.1 Å². The fourth-order valence-corrected chi connectivity index (χ4v) is 2.06. The minimum absolute atomic E-state index is 0.0919. The van der Waals surface area contributed by atoms with Gasteiger partial charge in [0.1, 0.15) is 11.8 Å². The van der Waals surface area contributed by atoms with Gasteiger partial charge in [0.15, 0.2) is 0 Å². The molecule has 0 aliphatic heterocycles. The topological polar surface area (TPSA) is 58.6 Å². The van der Waals surface area contributed by atoms with Gasteiger partial charge in [0.05, 0.1) is 0 Å². The van der Waals surface area contributed by atoms with Crippen LogP contribution in [0, 0.1) is 5.92 Å². The summed E-state index contributed by atoms with van der Waals surface area (Å²) < 4.78 is 79.1. The molecule has 0 amide bonds. The predicted molar refractivity (Wildman–Crippen MR) is 80.7 cm³/mol. The van der Waals surface area contributed by atoms with E-state index < -0.39 is 36.2 Å². The van der Waals surface area contributed by atoms with Gasteiger partial charge in [-0.2, -0.15) is 22.0 Å². The maximum atomic E-state index is 13.2. The monoisotopic (exact) mass is 387 g/mol. The van der Waals surface area contributed by atoms with Gasteiger partial charge in [-0.1, -0.05) is 26.0 Å². The van der Waals surface area contributed by atoms with Gasteiger partial charge in [-0.15, -0.1) is 0 Å². The SMILES string of the molecule is CC(C)C[C@@H](NCc1ccc(OC(F)(F)C(F)C(F)(F)F)cc1)C(=O)O. The number of ether oxygens (including phenoxy) is 1. The van der Waals surface area contributed by atoms with Crippen molar-refractivity contribution in [2.75, 3.05) is 0 Å². The molecule has 26 heavy (non-hydrogen) atoms. The molecule has 0 saturated carbocycles. The molecule has 0 aliphatic carbocycles. The van der Waals surface area contributed by atoms with Crippen LogP contribution in [0.15, 0.2) is 24.3 Å². The zero-order chi connectivity index (χ0) is 20.1. The molecule has 0 radical (unpaired) electrons. The van der Waals surface area contributed by atoms with E-state index in [-0.39, 0.29) is 12.5 Å². The summed E-state index contributed by atoms with van der Waals surface area (Å²) in [6.45, 7) is 3.79. The molecular formula is C16H19F6NO3. The zero-order valence-electron chi connectivity index (χ0n) is 14.0. The first kappa shape index (κ1) is 22.1. The van der Waals surface area contributed by atoms with Gasteiger partial charge in [-0.25, -0.2) is 4.39 Å². The molecule has 1 aromatic carbocycles. The Balaban J connectivity index is 2.70. The second-order valence-corrected chi connectivity index (χ2v) is 6.11. The van der Waals surface area contributed by atoms with Gasteiger partial charge < -0.3 is 15.2 Å². The Bertz CT molecular complexity index is 589. The molecule has 1 rings (SSSR count). The van der Waals surface area contributed by atoms with Gasteiger partial charge in [0, 0.05) is 6.54 Å². The Labute approximate surface area is 146 Å². The van der Waals surface area contributed by atoms with Gasteiger partial charge in [0.2, 0.25) is 0 Å². The Kier molecular flexibility index (Phi) is 7.31. The lowest BCUT2D eigenvalue weighted by atomic mass is 10.0. The van der Waals surface area contributed by atoms with Crippen LogP contribution in [-0.4, -0.2) is 35.6 Å². The summed E-state index contributed by atoms with van der Waals surface area (Å²) in [5, 5.41) is 11.9. The first-order valence-electron chi connectivity index (χ1n) is 7.65. The highest BCUT2D eigenvalue weighted by molar-refractivity contribution is 5.73. The van der Waals surface area contributed by atoms with E-state index in [4.69, 9.17) is 5.11 Å². The maximum absolute atomic E-state index is 13.2. The number of carboxylic acid groups (broad SMARTS) is 1. The number of hydrogen-bond acceptors (Lipinski definition) is 3. The summed E-state index contributed by atoms with van der Waals surface area (Å²) in [7, 11) is 0. The van der Waals surface area contributed by atoms with Crippen LogP contribution in [0.5, 0.6) is 5.75 Å². The third-order valence-electron chi connectivity index (χ3n) is 3.32. The molecule has 2 atom stereocenters. The first-order chi connectivity index (χ1) is 11.8. The second kappa shape index (κ2) is 8.61. The Morgan fingerprint density at radius 2 is 1.69 bits per heavy atom. The highest BCUT2D eigenvalue weighted by Crippen LogP contribution is 2.36. The summed E-state index contributed by atoms with van der Waals surface area (Å²) in [6, 6.07) is 3.61. The van der Waals surface area contributed by atoms with E-state index in [1.807, 2.05) is 13.8 Å². The van der Waals surface area contributed by atoms with Crippen LogP contribution in [0.1, 0.15) is 25.8 Å². The molecule has 0 aromatic heterocycles. The smallest absolute Gasteiger partial charge is 0.439 e. The third kappa shape index (κ3) is 6.74. The summed E-state index contributed by atoms with van der Waals surface area (Å²) >= 11 is 0. The fraction of sp³-hybridized carbons (Fsp3) is 0.562. The summed E-state index contributed by atoms with van der Waals surface area (Å²) in [5.74, 6) is -1.56. The van der Waals surface area contributed by atoms with Gasteiger partial charge >= 0.3 is 18.3 Å². The van der Waals surface area contributed by atoms with Crippen molar-refractivity contribution in [2.45, 2.75) is 51.3 Å². The minimum Gasteiger partial charge on any atom is -0.480 e. The molecule has 4 nitrogen and oxygen atoms in total. The van der Waals surface area contributed by atoms with Crippen LogP contribution in [0.4, 0.5) is 26.3 Å². The van der Waals surface area contributed by atoms with E-state index in [0.717, 1.165) is 12.1 Å². The van der Waals surface area contributed by atoms with Crippen LogP contribution in [0.2, 0.25) is 0 Å². The standard InChI is InChI=1S/C16H19F6NO3/c1-9(2)7-12(13(24)25)23-8-10-3-5-11(6-4-10)26-16(21,22)14(17)15(18,19)20/h3-6,9,12,14,23H,7-8H2,1-2H3,(H,24,25)/t12-,14?/m1/s1.